The molecule has 0 unspecified atom stereocenters. The van der Waals surface area contributed by atoms with Crippen LogP contribution in [0.3, 0.4) is 0 Å². The van der Waals surface area contributed by atoms with Crippen LogP contribution in [0.2, 0.25) is 5.02 Å². The van der Waals surface area contributed by atoms with Gasteiger partial charge in [0.25, 0.3) is 17.7 Å². The predicted octanol–water partition coefficient (Wildman–Crippen LogP) is 4.56. The topological polar surface area (TPSA) is 114 Å². The van der Waals surface area contributed by atoms with Gasteiger partial charge in [-0.2, -0.15) is 0 Å². The Balaban J connectivity index is 1.58. The fraction of sp³-hybridized carbons (Fsp3) is 0.111. The Morgan fingerprint density at radius 2 is 1.76 bits per heavy atom. The van der Waals surface area contributed by atoms with Crippen molar-refractivity contribution in [2.45, 2.75) is 6.92 Å². The molecular formula is C27H21ClFN3O6. The minimum atomic E-state index is -0.964. The second-order valence-electron chi connectivity index (χ2n) is 7.90. The van der Waals surface area contributed by atoms with Gasteiger partial charge in [0.1, 0.15) is 11.4 Å². The number of nitrogens with zero attached hydrogens (tertiary/aromatic N) is 1. The number of anilines is 2. The Kier molecular flexibility index (Phi) is 8.03. The number of hydrogen-bond acceptors (Lipinski definition) is 6. The van der Waals surface area contributed by atoms with Gasteiger partial charge in [-0.15, -0.1) is 0 Å². The van der Waals surface area contributed by atoms with Crippen LogP contribution >= 0.6 is 11.6 Å². The molecule has 4 rings (SSSR count). The van der Waals surface area contributed by atoms with Crippen LogP contribution in [0.1, 0.15) is 12.5 Å². The number of carbonyl (C=O) groups excluding carboxylic acids is 4. The molecule has 1 aliphatic rings. The van der Waals surface area contributed by atoms with E-state index in [1.165, 1.54) is 30.3 Å². The van der Waals surface area contributed by atoms with Crippen LogP contribution in [0.5, 0.6) is 11.5 Å². The maximum Gasteiger partial charge on any atom is 0.335 e. The highest BCUT2D eigenvalue weighted by atomic mass is 35.5. The van der Waals surface area contributed by atoms with E-state index in [1.807, 2.05) is 6.07 Å². The van der Waals surface area contributed by atoms with Crippen molar-refractivity contribution in [3.8, 4) is 11.5 Å². The summed E-state index contributed by atoms with van der Waals surface area (Å²) in [6.45, 7) is 1.61. The van der Waals surface area contributed by atoms with Crippen LogP contribution in [0, 0.1) is 5.82 Å². The van der Waals surface area contributed by atoms with Crippen molar-refractivity contribution in [3.05, 3.63) is 88.7 Å². The van der Waals surface area contributed by atoms with E-state index in [1.54, 1.807) is 31.2 Å². The highest BCUT2D eigenvalue weighted by molar-refractivity contribution is 6.39. The number of benzene rings is 3. The van der Waals surface area contributed by atoms with Crippen molar-refractivity contribution in [1.29, 1.82) is 0 Å². The number of halogens is 2. The zero-order chi connectivity index (χ0) is 27.2. The predicted molar refractivity (Wildman–Crippen MR) is 139 cm³/mol. The SMILES string of the molecule is CCOc1cc(/C=C2\C(=O)NC(=O)N(c3ccc(F)cc3)C2=O)cc(Cl)c1OCC(=O)Nc1ccccc1. The van der Waals surface area contributed by atoms with Crippen LogP contribution in [-0.2, 0) is 14.4 Å². The van der Waals surface area contributed by atoms with Crippen molar-refractivity contribution in [2.75, 3.05) is 23.4 Å². The Bertz CT molecular complexity index is 1430. The molecule has 0 radical (unpaired) electrons. The number of ether oxygens (including phenoxy) is 2. The number of amides is 5. The number of rotatable bonds is 8. The van der Waals surface area contributed by atoms with Crippen molar-refractivity contribution in [2.24, 2.45) is 0 Å². The molecule has 1 heterocycles. The second-order valence-corrected chi connectivity index (χ2v) is 8.31. The van der Waals surface area contributed by atoms with Gasteiger partial charge in [-0.25, -0.2) is 14.1 Å². The molecule has 0 aliphatic carbocycles. The Morgan fingerprint density at radius 1 is 1.05 bits per heavy atom. The second kappa shape index (κ2) is 11.6. The van der Waals surface area contributed by atoms with Gasteiger partial charge in [-0.3, -0.25) is 19.7 Å². The molecule has 9 nitrogen and oxygen atoms in total. The highest BCUT2D eigenvalue weighted by Gasteiger charge is 2.37. The first-order valence-electron chi connectivity index (χ1n) is 11.4. The van der Waals surface area contributed by atoms with Crippen LogP contribution in [0.15, 0.2) is 72.3 Å². The zero-order valence-corrected chi connectivity index (χ0v) is 20.8. The van der Waals surface area contributed by atoms with E-state index in [0.29, 0.717) is 11.3 Å². The molecule has 3 aromatic rings. The highest BCUT2D eigenvalue weighted by Crippen LogP contribution is 2.37. The number of carbonyl (C=O) groups is 4. The van der Waals surface area contributed by atoms with E-state index >= 15 is 0 Å². The van der Waals surface area contributed by atoms with E-state index in [2.05, 4.69) is 10.6 Å². The van der Waals surface area contributed by atoms with E-state index in [0.717, 1.165) is 17.0 Å². The van der Waals surface area contributed by atoms with Gasteiger partial charge < -0.3 is 14.8 Å². The summed E-state index contributed by atoms with van der Waals surface area (Å²) in [4.78, 5) is 50.9. The number of para-hydroxylation sites is 1. The average Bonchev–Trinajstić information content (AvgIpc) is 2.88. The number of imide groups is 2. The molecule has 3 aromatic carbocycles. The van der Waals surface area contributed by atoms with Crippen LogP contribution in [0.4, 0.5) is 20.6 Å². The van der Waals surface area contributed by atoms with E-state index < -0.39 is 29.6 Å². The van der Waals surface area contributed by atoms with Gasteiger partial charge in [0.15, 0.2) is 18.1 Å². The average molecular weight is 538 g/mol. The number of nitrogens with one attached hydrogen (secondary N) is 2. The maximum atomic E-state index is 13.3. The van der Waals surface area contributed by atoms with Crippen LogP contribution < -0.4 is 25.0 Å². The molecule has 0 spiro atoms. The molecule has 5 amide bonds. The van der Waals surface area contributed by atoms with Crippen molar-refractivity contribution in [3.63, 3.8) is 0 Å². The van der Waals surface area contributed by atoms with Crippen LogP contribution in [0.25, 0.3) is 6.08 Å². The zero-order valence-electron chi connectivity index (χ0n) is 20.0. The summed E-state index contributed by atoms with van der Waals surface area (Å²) in [7, 11) is 0. The summed E-state index contributed by atoms with van der Waals surface area (Å²) in [5, 5.41) is 4.84. The Morgan fingerprint density at radius 3 is 2.45 bits per heavy atom. The first-order chi connectivity index (χ1) is 18.3. The lowest BCUT2D eigenvalue weighted by Gasteiger charge is -2.26. The quantitative estimate of drug-likeness (QED) is 0.321. The molecule has 0 saturated carbocycles. The fourth-order valence-corrected chi connectivity index (χ4v) is 3.85. The number of hydrogen-bond donors (Lipinski definition) is 2. The standard InChI is InChI=1S/C27H21ClFN3O6/c1-2-37-22-14-16(13-21(28)24(22)38-15-23(33)30-18-6-4-3-5-7-18)12-20-25(34)31-27(36)32(26(20)35)19-10-8-17(29)9-11-19/h3-14H,2,15H2,1H3,(H,30,33)(H,31,34,36)/b20-12+. The van der Waals surface area contributed by atoms with Gasteiger partial charge in [0.2, 0.25) is 0 Å². The lowest BCUT2D eigenvalue weighted by atomic mass is 10.1. The lowest BCUT2D eigenvalue weighted by molar-refractivity contribution is -0.122. The van der Waals surface area contributed by atoms with Gasteiger partial charge in [-0.05, 0) is 67.1 Å². The van der Waals surface area contributed by atoms with Crippen molar-refractivity contribution in [1.82, 2.24) is 5.32 Å². The monoisotopic (exact) mass is 537 g/mol. The molecule has 0 aromatic heterocycles. The first kappa shape index (κ1) is 26.4. The molecule has 2 N–H and O–H groups in total. The normalized spacial score (nSPS) is 14.3. The third kappa shape index (κ3) is 5.98. The third-order valence-corrected chi connectivity index (χ3v) is 5.52. The summed E-state index contributed by atoms with van der Waals surface area (Å²) >= 11 is 6.42. The van der Waals surface area contributed by atoms with Crippen LogP contribution in [-0.4, -0.2) is 37.0 Å². The van der Waals surface area contributed by atoms with Gasteiger partial charge in [-0.1, -0.05) is 29.8 Å². The van der Waals surface area contributed by atoms with Gasteiger partial charge in [0, 0.05) is 5.69 Å². The summed E-state index contributed by atoms with van der Waals surface area (Å²) < 4.78 is 24.6. The molecule has 1 fully saturated rings. The summed E-state index contributed by atoms with van der Waals surface area (Å²) in [5.74, 6) is -2.52. The minimum Gasteiger partial charge on any atom is -0.490 e. The smallest absolute Gasteiger partial charge is 0.335 e. The third-order valence-electron chi connectivity index (χ3n) is 5.23. The first-order valence-corrected chi connectivity index (χ1v) is 11.8. The van der Waals surface area contributed by atoms with E-state index in [9.17, 15) is 23.6 Å². The molecule has 1 saturated heterocycles. The number of urea groups is 1. The minimum absolute atomic E-state index is 0.0606. The Labute approximate surface area is 221 Å². The summed E-state index contributed by atoms with van der Waals surface area (Å²) in [6.07, 6.45) is 1.24. The molecule has 194 valence electrons. The molecular weight excluding hydrogens is 517 g/mol. The summed E-state index contributed by atoms with van der Waals surface area (Å²) in [5.41, 5.74) is 0.621. The van der Waals surface area contributed by atoms with Gasteiger partial charge >= 0.3 is 6.03 Å². The molecule has 0 atom stereocenters. The Hall–Kier alpha value is -4.70. The molecule has 1 aliphatic heterocycles. The molecule has 38 heavy (non-hydrogen) atoms. The maximum absolute atomic E-state index is 13.3. The largest absolute Gasteiger partial charge is 0.490 e. The van der Waals surface area contributed by atoms with E-state index in [4.69, 9.17) is 21.1 Å². The summed E-state index contributed by atoms with van der Waals surface area (Å²) in [6, 6.07) is 15.4. The fourth-order valence-electron chi connectivity index (χ4n) is 3.58. The molecule has 0 bridgehead atoms. The number of barbiturate groups is 1. The van der Waals surface area contributed by atoms with E-state index in [-0.39, 0.29) is 41.0 Å². The molecule has 11 heteroatoms. The van der Waals surface area contributed by atoms with Gasteiger partial charge in [0.05, 0.1) is 17.3 Å². The van der Waals surface area contributed by atoms with Crippen molar-refractivity contribution >= 4 is 52.8 Å². The van der Waals surface area contributed by atoms with Crippen molar-refractivity contribution < 1.29 is 33.0 Å². The lowest BCUT2D eigenvalue weighted by Crippen LogP contribution is -2.54.